The molecule has 0 aromatic heterocycles. The summed E-state index contributed by atoms with van der Waals surface area (Å²) in [4.78, 5) is 3.98. The van der Waals surface area contributed by atoms with Crippen molar-refractivity contribution in [3.63, 3.8) is 0 Å². The molecule has 19 heavy (non-hydrogen) atoms. The monoisotopic (exact) mass is 294 g/mol. The summed E-state index contributed by atoms with van der Waals surface area (Å²) < 4.78 is 0. The zero-order valence-electron chi connectivity index (χ0n) is 11.2. The van der Waals surface area contributed by atoms with Crippen molar-refractivity contribution in [2.45, 2.75) is 51.1 Å². The van der Waals surface area contributed by atoms with Crippen molar-refractivity contribution in [2.24, 2.45) is 4.99 Å². The molecule has 0 bridgehead atoms. The van der Waals surface area contributed by atoms with Crippen molar-refractivity contribution >= 4 is 34.7 Å². The van der Waals surface area contributed by atoms with Gasteiger partial charge in [-0.3, -0.25) is 0 Å². The Labute approximate surface area is 125 Å². The lowest BCUT2D eigenvalue weighted by Gasteiger charge is -2.34. The molecule has 1 saturated carbocycles. The lowest BCUT2D eigenvalue weighted by Crippen LogP contribution is -2.43. The van der Waals surface area contributed by atoms with Crippen LogP contribution in [0.1, 0.15) is 44.6 Å². The van der Waals surface area contributed by atoms with E-state index in [4.69, 9.17) is 11.6 Å². The highest BCUT2D eigenvalue weighted by molar-refractivity contribution is 7.78. The summed E-state index contributed by atoms with van der Waals surface area (Å²) in [6.45, 7) is 3.16. The molecule has 0 radical (unpaired) electrons. The number of hydrogen-bond acceptors (Lipinski definition) is 3. The minimum absolute atomic E-state index is 0.269. The molecule has 102 valence electrons. The van der Waals surface area contributed by atoms with Gasteiger partial charge in [-0.2, -0.15) is 4.99 Å². The van der Waals surface area contributed by atoms with Crippen LogP contribution < -0.4 is 5.32 Å². The molecule has 1 aromatic rings. The number of nitrogens with one attached hydrogen (secondary N) is 1. The Balaban J connectivity index is 2.03. The first-order chi connectivity index (χ1) is 9.13. The predicted octanol–water partition coefficient (Wildman–Crippen LogP) is 4.89. The van der Waals surface area contributed by atoms with E-state index in [0.717, 1.165) is 6.54 Å². The lowest BCUT2D eigenvalue weighted by molar-refractivity contribution is 0.252. The highest BCUT2D eigenvalue weighted by atomic mass is 35.5. The van der Waals surface area contributed by atoms with Gasteiger partial charge < -0.3 is 5.32 Å². The Hall–Kier alpha value is -0.730. The third-order valence-corrected chi connectivity index (χ3v) is 4.26. The Kier molecular flexibility index (Phi) is 5.12. The average Bonchev–Trinajstić information content (AvgIpc) is 2.41. The zero-order chi connectivity index (χ0) is 13.7. The lowest BCUT2D eigenvalue weighted by atomic mass is 9.83. The quantitative estimate of drug-likeness (QED) is 0.632. The van der Waals surface area contributed by atoms with E-state index in [-0.39, 0.29) is 5.54 Å². The summed E-state index contributed by atoms with van der Waals surface area (Å²) >= 11 is 10.7. The van der Waals surface area contributed by atoms with Crippen molar-refractivity contribution in [1.29, 1.82) is 0 Å². The second kappa shape index (κ2) is 6.62. The number of benzene rings is 1. The molecular weight excluding hydrogens is 276 g/mol. The van der Waals surface area contributed by atoms with Gasteiger partial charge in [0.2, 0.25) is 0 Å². The molecule has 1 aromatic carbocycles. The second-order valence-corrected chi connectivity index (χ2v) is 6.05. The van der Waals surface area contributed by atoms with E-state index in [1.807, 2.05) is 18.2 Å². The standard InChI is InChI=1S/C15H19ClN2S/c1-15(7-3-2-4-8-15)18-10-12-5-6-13(16)14(9-12)17-11-19/h5-6,9,18H,2-4,7-8,10H2,1H3. The van der Waals surface area contributed by atoms with E-state index in [9.17, 15) is 0 Å². The van der Waals surface area contributed by atoms with Crippen LogP contribution in [0.3, 0.4) is 0 Å². The van der Waals surface area contributed by atoms with Gasteiger partial charge in [0.05, 0.1) is 15.9 Å². The molecule has 0 heterocycles. The van der Waals surface area contributed by atoms with Crippen molar-refractivity contribution < 1.29 is 0 Å². The smallest absolute Gasteiger partial charge is 0.0928 e. The second-order valence-electron chi connectivity index (χ2n) is 5.46. The first-order valence-electron chi connectivity index (χ1n) is 6.74. The summed E-state index contributed by atoms with van der Waals surface area (Å²) in [5, 5.41) is 6.66. The van der Waals surface area contributed by atoms with Crippen molar-refractivity contribution in [1.82, 2.24) is 5.32 Å². The number of hydrogen-bond donors (Lipinski definition) is 1. The van der Waals surface area contributed by atoms with Crippen LogP contribution in [0, 0.1) is 0 Å². The van der Waals surface area contributed by atoms with Gasteiger partial charge in [0, 0.05) is 12.1 Å². The summed E-state index contributed by atoms with van der Waals surface area (Å²) in [6, 6.07) is 5.87. The van der Waals surface area contributed by atoms with Gasteiger partial charge in [0.25, 0.3) is 0 Å². The normalized spacial score (nSPS) is 17.8. The van der Waals surface area contributed by atoms with Gasteiger partial charge in [0.15, 0.2) is 0 Å². The van der Waals surface area contributed by atoms with Gasteiger partial charge in [-0.25, -0.2) is 0 Å². The Morgan fingerprint density at radius 3 is 2.79 bits per heavy atom. The number of rotatable bonds is 4. The van der Waals surface area contributed by atoms with Gasteiger partial charge >= 0.3 is 0 Å². The highest BCUT2D eigenvalue weighted by Gasteiger charge is 2.25. The van der Waals surface area contributed by atoms with Crippen molar-refractivity contribution in [2.75, 3.05) is 0 Å². The van der Waals surface area contributed by atoms with Gasteiger partial charge in [-0.15, -0.1) is 0 Å². The third kappa shape index (κ3) is 4.12. The van der Waals surface area contributed by atoms with Crippen LogP contribution in [-0.4, -0.2) is 10.7 Å². The highest BCUT2D eigenvalue weighted by Crippen LogP contribution is 2.29. The van der Waals surface area contributed by atoms with Crippen molar-refractivity contribution in [3.05, 3.63) is 28.8 Å². The SMILES string of the molecule is CC1(NCc2ccc(Cl)c(N=C=S)c2)CCCCC1. The number of isothiocyanates is 1. The minimum Gasteiger partial charge on any atom is -0.307 e. The van der Waals surface area contributed by atoms with Gasteiger partial charge in [-0.1, -0.05) is 36.9 Å². The Morgan fingerprint density at radius 2 is 2.11 bits per heavy atom. The first-order valence-corrected chi connectivity index (χ1v) is 7.53. The summed E-state index contributed by atoms with van der Waals surface area (Å²) in [6.07, 6.45) is 6.53. The molecule has 0 aliphatic heterocycles. The Bertz CT molecular complexity index is 489. The molecule has 1 fully saturated rings. The topological polar surface area (TPSA) is 24.4 Å². The number of thiocarbonyl (C=S) groups is 1. The summed E-state index contributed by atoms with van der Waals surface area (Å²) in [5.41, 5.74) is 2.15. The van der Waals surface area contributed by atoms with Crippen LogP contribution >= 0.6 is 23.8 Å². The third-order valence-electron chi connectivity index (χ3n) is 3.85. The molecule has 0 atom stereocenters. The minimum atomic E-state index is 0.269. The fourth-order valence-corrected chi connectivity index (χ4v) is 2.89. The van der Waals surface area contributed by atoms with Crippen LogP contribution in [0.25, 0.3) is 0 Å². The average molecular weight is 295 g/mol. The molecule has 0 saturated heterocycles. The van der Waals surface area contributed by atoms with E-state index in [1.165, 1.54) is 37.7 Å². The van der Waals surface area contributed by atoms with E-state index in [0.29, 0.717) is 10.7 Å². The van der Waals surface area contributed by atoms with E-state index < -0.39 is 0 Å². The van der Waals surface area contributed by atoms with Crippen LogP contribution in [-0.2, 0) is 6.54 Å². The molecule has 2 nitrogen and oxygen atoms in total. The molecule has 0 spiro atoms. The molecule has 1 aliphatic rings. The summed E-state index contributed by atoms with van der Waals surface area (Å²) in [7, 11) is 0. The zero-order valence-corrected chi connectivity index (χ0v) is 12.8. The van der Waals surface area contributed by atoms with E-state index in [1.54, 1.807) is 0 Å². The fourth-order valence-electron chi connectivity index (χ4n) is 2.63. The number of aliphatic imine (C=N–C) groups is 1. The maximum Gasteiger partial charge on any atom is 0.0928 e. The molecular formula is C15H19ClN2S. The largest absolute Gasteiger partial charge is 0.307 e. The van der Waals surface area contributed by atoms with Gasteiger partial charge in [0.1, 0.15) is 0 Å². The maximum atomic E-state index is 6.05. The molecule has 0 amide bonds. The number of halogens is 1. The molecule has 1 aliphatic carbocycles. The Morgan fingerprint density at radius 1 is 1.37 bits per heavy atom. The van der Waals surface area contributed by atoms with E-state index in [2.05, 4.69) is 34.6 Å². The van der Waals surface area contributed by atoms with Crippen LogP contribution in [0.5, 0.6) is 0 Å². The first kappa shape index (κ1) is 14.7. The molecule has 0 unspecified atom stereocenters. The van der Waals surface area contributed by atoms with Gasteiger partial charge in [-0.05, 0) is 49.7 Å². The maximum absolute atomic E-state index is 6.05. The van der Waals surface area contributed by atoms with Crippen LogP contribution in [0.15, 0.2) is 23.2 Å². The van der Waals surface area contributed by atoms with E-state index >= 15 is 0 Å². The number of nitrogens with zero attached hydrogens (tertiary/aromatic N) is 1. The predicted molar refractivity (Wildman–Crippen MR) is 84.5 cm³/mol. The molecule has 4 heteroatoms. The fraction of sp³-hybridized carbons (Fsp3) is 0.533. The van der Waals surface area contributed by atoms with Crippen LogP contribution in [0.4, 0.5) is 5.69 Å². The molecule has 2 rings (SSSR count). The molecule has 1 N–H and O–H groups in total. The van der Waals surface area contributed by atoms with Crippen molar-refractivity contribution in [3.8, 4) is 0 Å². The summed E-state index contributed by atoms with van der Waals surface area (Å²) in [5.74, 6) is 0. The van der Waals surface area contributed by atoms with Crippen LogP contribution in [0.2, 0.25) is 5.02 Å².